The Morgan fingerprint density at radius 2 is 1.12 bits per heavy atom. The summed E-state index contributed by atoms with van der Waals surface area (Å²) >= 11 is 0. The molecule has 49 heavy (non-hydrogen) atoms. The number of nitrogens with zero attached hydrogens (tertiary/aromatic N) is 1. The molecule has 0 radical (unpaired) electrons. The summed E-state index contributed by atoms with van der Waals surface area (Å²) in [6.07, 6.45) is 8.37. The van der Waals surface area contributed by atoms with Gasteiger partial charge in [-0.2, -0.15) is 0 Å². The smallest absolute Gasteiger partial charge is 0.0468 e. The molecule has 244 valence electrons. The van der Waals surface area contributed by atoms with Crippen LogP contribution in [0.2, 0.25) is 0 Å². The van der Waals surface area contributed by atoms with Gasteiger partial charge in [0.15, 0.2) is 0 Å². The molecule has 4 saturated carbocycles. The molecular weight excluding hydrogens is 591 g/mol. The lowest BCUT2D eigenvalue weighted by Crippen LogP contribution is -2.73. The molecule has 11 rings (SSSR count). The molecule has 6 unspecified atom stereocenters. The van der Waals surface area contributed by atoms with Crippen LogP contribution in [0.1, 0.15) is 88.5 Å². The molecule has 0 N–H and O–H groups in total. The largest absolute Gasteiger partial charge is 0.310 e. The molecule has 2 bridgehead atoms. The summed E-state index contributed by atoms with van der Waals surface area (Å²) < 4.78 is 0. The van der Waals surface area contributed by atoms with E-state index in [1.807, 2.05) is 0 Å². The maximum Gasteiger partial charge on any atom is 0.0468 e. The molecule has 1 heteroatoms. The highest BCUT2D eigenvalue weighted by atomic mass is 15.1. The Morgan fingerprint density at radius 3 is 1.90 bits per heavy atom. The summed E-state index contributed by atoms with van der Waals surface area (Å²) in [5, 5.41) is 0. The van der Waals surface area contributed by atoms with E-state index in [1.165, 1.54) is 89.0 Å². The predicted molar refractivity (Wildman–Crippen MR) is 203 cm³/mol. The van der Waals surface area contributed by atoms with Gasteiger partial charge in [0.2, 0.25) is 0 Å². The number of rotatable bonds is 4. The first-order valence-corrected chi connectivity index (χ1v) is 19.1. The van der Waals surface area contributed by atoms with E-state index in [0.29, 0.717) is 5.41 Å². The summed E-state index contributed by atoms with van der Waals surface area (Å²) in [7, 11) is 0. The molecule has 0 heterocycles. The van der Waals surface area contributed by atoms with Crippen LogP contribution >= 0.6 is 0 Å². The minimum atomic E-state index is 0.147. The molecule has 2 spiro atoms. The first-order valence-electron chi connectivity index (χ1n) is 19.1. The topological polar surface area (TPSA) is 3.24 Å². The first kappa shape index (κ1) is 28.7. The van der Waals surface area contributed by atoms with Crippen molar-refractivity contribution in [2.75, 3.05) is 4.90 Å². The van der Waals surface area contributed by atoms with Crippen molar-refractivity contribution in [1.82, 2.24) is 0 Å². The number of hydrogen-bond acceptors (Lipinski definition) is 1. The molecule has 6 atom stereocenters. The van der Waals surface area contributed by atoms with Crippen LogP contribution in [-0.4, -0.2) is 0 Å². The lowest BCUT2D eigenvalue weighted by atomic mass is 9.27. The minimum absolute atomic E-state index is 0.147. The van der Waals surface area contributed by atoms with Crippen molar-refractivity contribution in [2.24, 2.45) is 29.1 Å². The van der Waals surface area contributed by atoms with Crippen LogP contribution in [0.3, 0.4) is 0 Å². The second kappa shape index (κ2) is 9.36. The summed E-state index contributed by atoms with van der Waals surface area (Å²) in [4.78, 5) is 2.54. The summed E-state index contributed by atoms with van der Waals surface area (Å²) in [6, 6.07) is 44.6. The van der Waals surface area contributed by atoms with Gasteiger partial charge in [-0.1, -0.05) is 107 Å². The number of hydrogen-bond donors (Lipinski definition) is 0. The van der Waals surface area contributed by atoms with E-state index in [9.17, 15) is 0 Å². The average molecular weight is 638 g/mol. The zero-order valence-corrected chi connectivity index (χ0v) is 29.5. The van der Waals surface area contributed by atoms with Gasteiger partial charge < -0.3 is 4.90 Å². The predicted octanol–water partition coefficient (Wildman–Crippen LogP) is 12.5. The van der Waals surface area contributed by atoms with Crippen molar-refractivity contribution in [3.8, 4) is 22.3 Å². The van der Waals surface area contributed by atoms with Crippen LogP contribution in [0.5, 0.6) is 0 Å². The van der Waals surface area contributed by atoms with Gasteiger partial charge in [0, 0.05) is 22.5 Å². The summed E-state index contributed by atoms with van der Waals surface area (Å²) in [6.45, 7) is 9.75. The fraction of sp³-hybridized carbons (Fsp3) is 0.375. The van der Waals surface area contributed by atoms with Crippen LogP contribution in [0.4, 0.5) is 17.1 Å². The molecule has 6 aliphatic rings. The Hall–Kier alpha value is -4.10. The maximum atomic E-state index is 2.58. The highest BCUT2D eigenvalue weighted by Crippen LogP contribution is 2.89. The van der Waals surface area contributed by atoms with Crippen LogP contribution in [0.25, 0.3) is 22.3 Å². The van der Waals surface area contributed by atoms with E-state index < -0.39 is 0 Å². The van der Waals surface area contributed by atoms with Crippen molar-refractivity contribution >= 4 is 17.1 Å². The Labute approximate surface area is 292 Å². The van der Waals surface area contributed by atoms with E-state index in [0.717, 1.165) is 23.7 Å². The molecule has 5 aromatic carbocycles. The van der Waals surface area contributed by atoms with Crippen molar-refractivity contribution < 1.29 is 0 Å². The molecular formula is C48H47N. The Bertz CT molecular complexity index is 2170. The summed E-state index contributed by atoms with van der Waals surface area (Å²) in [5.41, 5.74) is 16.8. The SMILES string of the molecule is CC1(C)CCC(C)(C)c2cc(N(c3ccc(-c4ccccc4)cc3)c3ccc4c(c3)-c3ccccc3C43C4CC5CC6CC3C64C5)ccc21. The molecule has 0 aliphatic heterocycles. The van der Waals surface area contributed by atoms with Gasteiger partial charge in [0.05, 0.1) is 0 Å². The molecule has 4 fully saturated rings. The lowest BCUT2D eigenvalue weighted by molar-refractivity contribution is -0.231. The van der Waals surface area contributed by atoms with Gasteiger partial charge >= 0.3 is 0 Å². The van der Waals surface area contributed by atoms with Crippen LogP contribution < -0.4 is 4.90 Å². The molecule has 0 aromatic heterocycles. The van der Waals surface area contributed by atoms with Gasteiger partial charge in [-0.15, -0.1) is 0 Å². The van der Waals surface area contributed by atoms with Crippen LogP contribution in [0, 0.1) is 29.1 Å². The molecule has 5 aromatic rings. The van der Waals surface area contributed by atoms with Crippen molar-refractivity contribution in [2.45, 2.75) is 82.5 Å². The first-order chi connectivity index (χ1) is 23.7. The van der Waals surface area contributed by atoms with E-state index >= 15 is 0 Å². The van der Waals surface area contributed by atoms with Crippen molar-refractivity contribution in [3.63, 3.8) is 0 Å². The van der Waals surface area contributed by atoms with Crippen molar-refractivity contribution in [3.05, 3.63) is 138 Å². The van der Waals surface area contributed by atoms with E-state index in [4.69, 9.17) is 0 Å². The quantitative estimate of drug-likeness (QED) is 0.189. The summed E-state index contributed by atoms with van der Waals surface area (Å²) in [5.74, 6) is 3.66. The van der Waals surface area contributed by atoms with Gasteiger partial charge in [-0.05, 0) is 159 Å². The number of benzene rings is 5. The standard InChI is InChI=1S/C48H47N/c1-45(2)22-23-46(3,4)42-28-36(19-21-41(42)45)49(34-16-14-32(15-17-34)31-10-6-5-7-11-31)35-18-20-40-38(27-35)37-12-8-9-13-39(37)48(40)43-25-30-24-33-26-44(48)47(33,43)29-30/h5-21,27-28,30,33,43-44H,22-26,29H2,1-4H3. The highest BCUT2D eigenvalue weighted by Gasteiger charge is 2.84. The fourth-order valence-electron chi connectivity index (χ4n) is 13.1. The van der Waals surface area contributed by atoms with Gasteiger partial charge in [0.1, 0.15) is 0 Å². The van der Waals surface area contributed by atoms with Gasteiger partial charge in [-0.25, -0.2) is 0 Å². The van der Waals surface area contributed by atoms with E-state index in [-0.39, 0.29) is 16.2 Å². The zero-order valence-electron chi connectivity index (χ0n) is 29.5. The molecule has 1 nitrogen and oxygen atoms in total. The Balaban J connectivity index is 1.08. The number of anilines is 3. The monoisotopic (exact) mass is 637 g/mol. The lowest BCUT2D eigenvalue weighted by Gasteiger charge is -2.76. The third-order valence-corrected chi connectivity index (χ3v) is 15.2. The third-order valence-electron chi connectivity index (χ3n) is 15.2. The molecule has 0 amide bonds. The Kier molecular flexibility index (Phi) is 5.49. The van der Waals surface area contributed by atoms with E-state index in [1.54, 1.807) is 11.1 Å². The third kappa shape index (κ3) is 3.48. The average Bonchev–Trinajstić information content (AvgIpc) is 3.75. The molecule has 0 saturated heterocycles. The normalized spacial score (nSPS) is 31.3. The molecule has 6 aliphatic carbocycles. The second-order valence-corrected chi connectivity index (χ2v) is 18.1. The highest BCUT2D eigenvalue weighted by molar-refractivity contribution is 5.88. The van der Waals surface area contributed by atoms with E-state index in [2.05, 4.69) is 148 Å². The zero-order chi connectivity index (χ0) is 32.9. The van der Waals surface area contributed by atoms with Crippen LogP contribution in [0.15, 0.2) is 115 Å². The van der Waals surface area contributed by atoms with Crippen molar-refractivity contribution in [1.29, 1.82) is 0 Å². The number of fused-ring (bicyclic) bond motifs is 9. The van der Waals surface area contributed by atoms with Gasteiger partial charge in [0.25, 0.3) is 0 Å². The Morgan fingerprint density at radius 1 is 0.510 bits per heavy atom. The maximum absolute atomic E-state index is 2.58. The van der Waals surface area contributed by atoms with Crippen LogP contribution in [-0.2, 0) is 16.2 Å². The van der Waals surface area contributed by atoms with Gasteiger partial charge in [-0.3, -0.25) is 0 Å². The fourth-order valence-corrected chi connectivity index (χ4v) is 13.1. The second-order valence-electron chi connectivity index (χ2n) is 18.1. The minimum Gasteiger partial charge on any atom is -0.310 e.